The highest BCUT2D eigenvalue weighted by molar-refractivity contribution is 9.11. The summed E-state index contributed by atoms with van der Waals surface area (Å²) in [6, 6.07) is 25.0. The van der Waals surface area contributed by atoms with Gasteiger partial charge in [-0.05, 0) is 138 Å². The first kappa shape index (κ1) is 53.4. The number of fused-ring (bicyclic) bond motifs is 2. The summed E-state index contributed by atoms with van der Waals surface area (Å²) in [6.07, 6.45) is 3.18. The average molecular weight is 1080 g/mol. The monoisotopic (exact) mass is 1080 g/mol. The lowest BCUT2D eigenvalue weighted by Crippen LogP contribution is -2.28. The summed E-state index contributed by atoms with van der Waals surface area (Å²) < 4.78 is 27.5. The lowest BCUT2D eigenvalue weighted by Gasteiger charge is -2.12. The highest BCUT2D eigenvalue weighted by atomic mass is 79.9. The number of hydrogen-bond donors (Lipinski definition) is 3. The van der Waals surface area contributed by atoms with Crippen molar-refractivity contribution in [1.29, 1.82) is 0 Å². The summed E-state index contributed by atoms with van der Waals surface area (Å²) in [5.41, 5.74) is 9.44. The number of carbonyl (C=O) groups excluding carboxylic acids is 3. The number of carbonyl (C=O) groups is 3. The van der Waals surface area contributed by atoms with E-state index in [-0.39, 0.29) is 29.7 Å². The molecule has 2 aromatic heterocycles. The van der Waals surface area contributed by atoms with Crippen LogP contribution in [0.5, 0.6) is 5.75 Å². The van der Waals surface area contributed by atoms with Gasteiger partial charge in [-0.1, -0.05) is 55.3 Å². The number of anilines is 1. The highest BCUT2D eigenvalue weighted by Gasteiger charge is 2.24. The molecule has 15 nitrogen and oxygen atoms in total. The van der Waals surface area contributed by atoms with Crippen molar-refractivity contribution in [2.45, 2.75) is 67.3 Å². The minimum atomic E-state index is -0.275. The van der Waals surface area contributed by atoms with Gasteiger partial charge in [-0.3, -0.25) is 19.2 Å². The predicted octanol–water partition coefficient (Wildman–Crippen LogP) is 8.86. The lowest BCUT2D eigenvalue weighted by atomic mass is 10.0. The van der Waals surface area contributed by atoms with Gasteiger partial charge in [-0.15, -0.1) is 0 Å². The van der Waals surface area contributed by atoms with Gasteiger partial charge in [-0.25, -0.2) is 9.36 Å². The molecule has 70 heavy (non-hydrogen) atoms. The van der Waals surface area contributed by atoms with Crippen LogP contribution in [0.3, 0.4) is 0 Å². The number of aromatic nitrogens is 4. The summed E-state index contributed by atoms with van der Waals surface area (Å²) in [5.74, 6) is 0.206. The molecule has 0 aliphatic carbocycles. The van der Waals surface area contributed by atoms with Gasteiger partial charge < -0.3 is 34.9 Å². The molecule has 0 radical (unpaired) electrons. The van der Waals surface area contributed by atoms with E-state index >= 15 is 0 Å². The fourth-order valence-corrected chi connectivity index (χ4v) is 9.17. The topological polar surface area (TPSA) is 177 Å². The van der Waals surface area contributed by atoms with E-state index in [1.54, 1.807) is 16.8 Å². The van der Waals surface area contributed by atoms with Gasteiger partial charge in [0.1, 0.15) is 12.4 Å². The third-order valence-corrected chi connectivity index (χ3v) is 12.4. The van der Waals surface area contributed by atoms with Gasteiger partial charge in [0, 0.05) is 48.4 Å². The average Bonchev–Trinajstić information content (AvgIpc) is 3.86. The maximum absolute atomic E-state index is 13.3. The van der Waals surface area contributed by atoms with Gasteiger partial charge in [0.15, 0.2) is 5.52 Å². The summed E-state index contributed by atoms with van der Waals surface area (Å²) in [5, 5.41) is 18.6. The van der Waals surface area contributed by atoms with Crippen molar-refractivity contribution in [1.82, 2.24) is 30.2 Å². The van der Waals surface area contributed by atoms with Crippen LogP contribution in [0.1, 0.15) is 76.3 Å². The van der Waals surface area contributed by atoms with E-state index in [0.717, 1.165) is 59.2 Å². The van der Waals surface area contributed by atoms with Crippen molar-refractivity contribution in [3.63, 3.8) is 0 Å². The van der Waals surface area contributed by atoms with Crippen molar-refractivity contribution in [2.24, 2.45) is 0 Å². The number of ether oxygens (including phenoxy) is 4. The maximum Gasteiger partial charge on any atom is 0.295 e. The number of nitrogens with one attached hydrogen (secondary N) is 3. The molecular weight excluding hydrogens is 1020 g/mol. The Morgan fingerprint density at radius 2 is 1.39 bits per heavy atom. The second kappa shape index (κ2) is 26.3. The van der Waals surface area contributed by atoms with E-state index in [1.807, 2.05) is 114 Å². The first-order chi connectivity index (χ1) is 33.9. The third-order valence-electron chi connectivity index (χ3n) is 11.2. The van der Waals surface area contributed by atoms with Crippen molar-refractivity contribution in [3.8, 4) is 11.4 Å². The number of amides is 3. The van der Waals surface area contributed by atoms with Crippen LogP contribution in [0, 0.1) is 27.7 Å². The van der Waals surface area contributed by atoms with E-state index < -0.39 is 0 Å². The first-order valence-electron chi connectivity index (χ1n) is 23.5. The van der Waals surface area contributed by atoms with Gasteiger partial charge in [0.2, 0.25) is 5.91 Å². The zero-order valence-electron chi connectivity index (χ0n) is 40.6. The Kier molecular flexibility index (Phi) is 20.0. The molecule has 3 N–H and O–H groups in total. The van der Waals surface area contributed by atoms with Crippen LogP contribution in [0.25, 0.3) is 28.2 Å². The van der Waals surface area contributed by atoms with Crippen molar-refractivity contribution in [2.75, 3.05) is 64.7 Å². The quantitative estimate of drug-likeness (QED) is 0.0415. The zero-order chi connectivity index (χ0) is 50.2. The van der Waals surface area contributed by atoms with Crippen molar-refractivity contribution < 1.29 is 33.3 Å². The van der Waals surface area contributed by atoms with Gasteiger partial charge in [0.25, 0.3) is 17.4 Å². The van der Waals surface area contributed by atoms with Crippen LogP contribution in [0.4, 0.5) is 5.69 Å². The molecule has 1 aliphatic heterocycles. The van der Waals surface area contributed by atoms with E-state index in [1.165, 1.54) is 4.68 Å². The van der Waals surface area contributed by atoms with Gasteiger partial charge in [0.05, 0.1) is 71.0 Å². The Balaban J connectivity index is 0.00000397. The predicted molar refractivity (Wildman–Crippen MR) is 281 cm³/mol. The standard InChI is InChI=1S/C51H55Br2N7O8.C2H6/c1-32-7-14-39(15-8-32)60-35(4)46-34(3)57-59(51(64)47(46)58-60)20-5-6-45(61)54-18-17-36-10-12-38(13-11-36)49(62)55-19-21-65-22-23-66-24-25-67-26-27-68-48-42(52)30-37(31-43(48)53)29-41-40-28-33(2)9-16-44(40)56-50(41)63;1-2/h7-16,28-31H,5-6,17-27H2,1-4H3,(H,54,61)(H,55,62)(H,56,63);1-2H3/b41-29-;. The molecule has 4 aromatic carbocycles. The maximum atomic E-state index is 13.3. The third kappa shape index (κ3) is 14.3. The minimum Gasteiger partial charge on any atom is -0.489 e. The Bertz CT molecular complexity index is 2840. The normalized spacial score (nSPS) is 12.4. The number of hydrogen-bond acceptors (Lipinski definition) is 10. The summed E-state index contributed by atoms with van der Waals surface area (Å²) in [6.45, 7) is 15.5. The number of nitrogens with zero attached hydrogens (tertiary/aromatic N) is 4. The largest absolute Gasteiger partial charge is 0.489 e. The molecule has 0 bridgehead atoms. The second-order valence-corrected chi connectivity index (χ2v) is 18.1. The highest BCUT2D eigenvalue weighted by Crippen LogP contribution is 2.38. The van der Waals surface area contributed by atoms with E-state index in [2.05, 4.69) is 58.0 Å². The number of rotatable bonds is 23. The Morgan fingerprint density at radius 3 is 2.07 bits per heavy atom. The number of halogens is 2. The Morgan fingerprint density at radius 1 is 0.743 bits per heavy atom. The first-order valence-corrected chi connectivity index (χ1v) is 25.1. The van der Waals surface area contributed by atoms with Crippen LogP contribution >= 0.6 is 31.9 Å². The second-order valence-electron chi connectivity index (χ2n) is 16.4. The summed E-state index contributed by atoms with van der Waals surface area (Å²) in [4.78, 5) is 51.2. The van der Waals surface area contributed by atoms with Crippen LogP contribution in [-0.2, 0) is 36.8 Å². The molecule has 3 heterocycles. The molecule has 1 aliphatic rings. The van der Waals surface area contributed by atoms with E-state index in [0.29, 0.717) is 107 Å². The molecule has 370 valence electrons. The van der Waals surface area contributed by atoms with Crippen LogP contribution in [0.2, 0.25) is 0 Å². The van der Waals surface area contributed by atoms with E-state index in [9.17, 15) is 19.2 Å². The smallest absolute Gasteiger partial charge is 0.295 e. The van der Waals surface area contributed by atoms with Crippen LogP contribution in [0.15, 0.2) is 92.6 Å². The molecule has 17 heteroatoms. The Hall–Kier alpha value is -5.98. The molecule has 0 atom stereocenters. The fourth-order valence-electron chi connectivity index (χ4n) is 7.72. The molecular formula is C53H61Br2N7O8. The van der Waals surface area contributed by atoms with Gasteiger partial charge in [-0.2, -0.15) is 10.2 Å². The number of benzene rings is 4. The zero-order valence-corrected chi connectivity index (χ0v) is 43.8. The number of aryl methyl sites for hydroxylation is 5. The van der Waals surface area contributed by atoms with E-state index in [4.69, 9.17) is 18.9 Å². The summed E-state index contributed by atoms with van der Waals surface area (Å²) >= 11 is 7.19. The molecule has 6 aromatic rings. The molecule has 0 fully saturated rings. The fraction of sp³-hybridized carbons (Fsp3) is 0.358. The molecule has 0 saturated carbocycles. The van der Waals surface area contributed by atoms with Gasteiger partial charge >= 0.3 is 0 Å². The lowest BCUT2D eigenvalue weighted by molar-refractivity contribution is -0.121. The Labute approximate surface area is 425 Å². The molecule has 0 spiro atoms. The minimum absolute atomic E-state index is 0.108. The van der Waals surface area contributed by atoms with Crippen molar-refractivity contribution >= 4 is 77.8 Å². The van der Waals surface area contributed by atoms with Crippen LogP contribution in [-0.4, -0.2) is 96.6 Å². The molecule has 0 saturated heterocycles. The van der Waals surface area contributed by atoms with Crippen LogP contribution < -0.4 is 26.2 Å². The molecule has 3 amide bonds. The SMILES string of the molecule is CC.Cc1ccc(-n2nc3c(=O)n(CCCC(=O)NCCc4ccc(C(=O)NCCOCCOCCOCCOc5c(Br)cc(/C=C6\C(=O)Nc7ccc(C)cc76)cc5Br)cc4)nc(C)c3c2C)cc1. The summed E-state index contributed by atoms with van der Waals surface area (Å²) in [7, 11) is 0. The molecule has 7 rings (SSSR count). The molecule has 0 unspecified atom stereocenters. The van der Waals surface area contributed by atoms with Crippen molar-refractivity contribution in [3.05, 3.63) is 143 Å².